The van der Waals surface area contributed by atoms with E-state index in [0.717, 1.165) is 49.8 Å². The number of fused-ring (bicyclic) bond motifs is 1. The molecule has 0 unspecified atom stereocenters. The molecule has 0 atom stereocenters. The van der Waals surface area contributed by atoms with Gasteiger partial charge in [0.25, 0.3) is 11.8 Å². The summed E-state index contributed by atoms with van der Waals surface area (Å²) in [4.78, 5) is 30.2. The fourth-order valence-electron chi connectivity index (χ4n) is 3.48. The second kappa shape index (κ2) is 9.02. The van der Waals surface area contributed by atoms with E-state index in [2.05, 4.69) is 13.8 Å². The fourth-order valence-corrected chi connectivity index (χ4v) is 4.86. The Hall–Kier alpha value is -1.66. The van der Waals surface area contributed by atoms with Crippen LogP contribution in [0, 0.1) is 0 Å². The molecular weight excluding hydrogens is 376 g/mol. The van der Waals surface area contributed by atoms with Crippen LogP contribution < -0.4 is 4.90 Å². The van der Waals surface area contributed by atoms with Crippen molar-refractivity contribution < 1.29 is 9.59 Å². The molecule has 2 aliphatic rings. The van der Waals surface area contributed by atoms with Crippen molar-refractivity contribution >= 4 is 51.4 Å². The Morgan fingerprint density at radius 2 is 1.59 bits per heavy atom. The first kappa shape index (κ1) is 20.1. The molecule has 3 rings (SSSR count). The molecule has 4 nitrogen and oxygen atoms in total. The molecule has 2 heterocycles. The van der Waals surface area contributed by atoms with E-state index in [0.29, 0.717) is 27.9 Å². The van der Waals surface area contributed by atoms with Crippen molar-refractivity contribution in [1.82, 2.24) is 4.90 Å². The molecule has 2 amide bonds. The van der Waals surface area contributed by atoms with Crippen LogP contribution in [0.2, 0.25) is 0 Å². The molecule has 27 heavy (non-hydrogen) atoms. The molecule has 0 N–H and O–H groups in total. The van der Waals surface area contributed by atoms with E-state index in [-0.39, 0.29) is 11.8 Å². The van der Waals surface area contributed by atoms with Gasteiger partial charge in [0, 0.05) is 18.7 Å². The number of anilines is 1. The third kappa shape index (κ3) is 3.97. The number of carbonyl (C=O) groups excluding carboxylic acids is 2. The number of carbonyl (C=O) groups is 2. The molecule has 1 aromatic rings. The van der Waals surface area contributed by atoms with Gasteiger partial charge in [-0.1, -0.05) is 81.7 Å². The van der Waals surface area contributed by atoms with Gasteiger partial charge < -0.3 is 4.90 Å². The summed E-state index contributed by atoms with van der Waals surface area (Å²) in [7, 11) is 0. The van der Waals surface area contributed by atoms with E-state index in [1.807, 2.05) is 29.2 Å². The van der Waals surface area contributed by atoms with Gasteiger partial charge in [-0.3, -0.25) is 14.5 Å². The van der Waals surface area contributed by atoms with Crippen molar-refractivity contribution in [2.45, 2.75) is 52.4 Å². The predicted octanol–water partition coefficient (Wildman–Crippen LogP) is 4.99. The van der Waals surface area contributed by atoms with E-state index in [9.17, 15) is 9.59 Å². The maximum absolute atomic E-state index is 13.2. The number of nitrogens with zero attached hydrogens (tertiary/aromatic N) is 2. The van der Waals surface area contributed by atoms with E-state index in [1.54, 1.807) is 4.90 Å². The summed E-state index contributed by atoms with van der Waals surface area (Å²) in [6.45, 7) is 5.58. The second-order valence-corrected chi connectivity index (χ2v) is 8.56. The van der Waals surface area contributed by atoms with E-state index in [1.165, 1.54) is 11.8 Å². The quantitative estimate of drug-likeness (QED) is 0.349. The molecular formula is C21H26N2O2S2. The van der Waals surface area contributed by atoms with Crippen LogP contribution in [0.5, 0.6) is 0 Å². The molecule has 144 valence electrons. The van der Waals surface area contributed by atoms with Crippen LogP contribution in [-0.2, 0) is 9.59 Å². The Morgan fingerprint density at radius 1 is 0.889 bits per heavy atom. The van der Waals surface area contributed by atoms with Crippen LogP contribution in [0.4, 0.5) is 5.69 Å². The van der Waals surface area contributed by atoms with Crippen LogP contribution >= 0.6 is 24.0 Å². The number of thioether (sulfide) groups is 1. The van der Waals surface area contributed by atoms with Crippen LogP contribution in [0.3, 0.4) is 0 Å². The van der Waals surface area contributed by atoms with Crippen LogP contribution in [-0.4, -0.2) is 34.1 Å². The van der Waals surface area contributed by atoms with Gasteiger partial charge in [-0.25, -0.2) is 0 Å². The molecule has 0 aliphatic carbocycles. The van der Waals surface area contributed by atoms with Crippen LogP contribution in [0.1, 0.15) is 57.9 Å². The lowest BCUT2D eigenvalue weighted by Crippen LogP contribution is -2.30. The second-order valence-electron chi connectivity index (χ2n) is 6.92. The summed E-state index contributed by atoms with van der Waals surface area (Å²) >= 11 is 6.73. The lowest BCUT2D eigenvalue weighted by atomic mass is 10.1. The number of hydrogen-bond donors (Lipinski definition) is 0. The topological polar surface area (TPSA) is 40.6 Å². The van der Waals surface area contributed by atoms with Gasteiger partial charge in [-0.05, 0) is 18.9 Å². The van der Waals surface area contributed by atoms with Crippen LogP contribution in [0.25, 0.3) is 5.57 Å². The predicted molar refractivity (Wildman–Crippen MR) is 117 cm³/mol. The molecule has 0 radical (unpaired) electrons. The minimum Gasteiger partial charge on any atom is -0.308 e. The fraction of sp³-hybridized carbons (Fsp3) is 0.476. The van der Waals surface area contributed by atoms with Gasteiger partial charge in [0.15, 0.2) is 0 Å². The number of unbranched alkanes of at least 4 members (excludes halogenated alkanes) is 4. The highest BCUT2D eigenvalue weighted by molar-refractivity contribution is 8.26. The molecule has 0 aromatic heterocycles. The number of thiocarbonyl (C=S) groups is 1. The molecule has 1 aromatic carbocycles. The van der Waals surface area contributed by atoms with E-state index < -0.39 is 0 Å². The van der Waals surface area contributed by atoms with Gasteiger partial charge in [-0.2, -0.15) is 0 Å². The molecule has 2 aliphatic heterocycles. The average molecular weight is 403 g/mol. The standard InChI is InChI=1S/C21H26N2O2S2/c1-3-5-7-10-14-23-20(25)18(27-21(23)26)17-15-11-8-9-12-16(15)22(19(17)24)13-6-4-2/h8-9,11-12H,3-7,10,13-14H2,1-2H3/b18-17-. The minimum atomic E-state index is -0.114. The lowest BCUT2D eigenvalue weighted by Gasteiger charge is -2.16. The van der Waals surface area contributed by atoms with Gasteiger partial charge >= 0.3 is 0 Å². The van der Waals surface area contributed by atoms with Crippen molar-refractivity contribution in [1.29, 1.82) is 0 Å². The first-order valence-corrected chi connectivity index (χ1v) is 11.0. The highest BCUT2D eigenvalue weighted by atomic mass is 32.2. The normalized spacial score (nSPS) is 19.4. The molecule has 0 bridgehead atoms. The summed E-state index contributed by atoms with van der Waals surface area (Å²) in [5.41, 5.74) is 2.28. The molecule has 6 heteroatoms. The smallest absolute Gasteiger partial charge is 0.267 e. The number of amides is 2. The minimum absolute atomic E-state index is 0.0730. The molecule has 0 spiro atoms. The summed E-state index contributed by atoms with van der Waals surface area (Å²) in [6, 6.07) is 7.75. The average Bonchev–Trinajstić information content (AvgIpc) is 3.10. The van der Waals surface area contributed by atoms with Gasteiger partial charge in [0.2, 0.25) is 0 Å². The van der Waals surface area contributed by atoms with Crippen molar-refractivity contribution in [2.24, 2.45) is 0 Å². The van der Waals surface area contributed by atoms with Crippen molar-refractivity contribution in [3.8, 4) is 0 Å². The molecule has 1 saturated heterocycles. The third-order valence-electron chi connectivity index (χ3n) is 4.97. The molecule has 0 saturated carbocycles. The SMILES string of the molecule is CCCCCCN1C(=O)/C(=C2/C(=O)N(CCCC)c3ccccc32)SC1=S. The lowest BCUT2D eigenvalue weighted by molar-refractivity contribution is -0.122. The Balaban J connectivity index is 1.90. The van der Waals surface area contributed by atoms with Gasteiger partial charge in [0.1, 0.15) is 4.32 Å². The zero-order valence-corrected chi connectivity index (χ0v) is 17.6. The largest absolute Gasteiger partial charge is 0.308 e. The van der Waals surface area contributed by atoms with E-state index in [4.69, 9.17) is 12.2 Å². The maximum atomic E-state index is 13.2. The first-order chi connectivity index (χ1) is 13.1. The van der Waals surface area contributed by atoms with Crippen molar-refractivity contribution in [2.75, 3.05) is 18.0 Å². The number of benzene rings is 1. The number of para-hydroxylation sites is 1. The summed E-state index contributed by atoms with van der Waals surface area (Å²) in [5.74, 6) is -0.187. The Labute approximate surface area is 171 Å². The summed E-state index contributed by atoms with van der Waals surface area (Å²) < 4.78 is 0.566. The zero-order valence-electron chi connectivity index (χ0n) is 16.0. The third-order valence-corrected chi connectivity index (χ3v) is 6.42. The monoisotopic (exact) mass is 402 g/mol. The summed E-state index contributed by atoms with van der Waals surface area (Å²) in [5, 5.41) is 0. The van der Waals surface area contributed by atoms with Crippen molar-refractivity contribution in [3.05, 3.63) is 34.7 Å². The highest BCUT2D eigenvalue weighted by Gasteiger charge is 2.41. The number of hydrogen-bond acceptors (Lipinski definition) is 4. The van der Waals surface area contributed by atoms with Crippen LogP contribution in [0.15, 0.2) is 29.2 Å². The Kier molecular flexibility index (Phi) is 6.71. The zero-order chi connectivity index (χ0) is 19.4. The highest BCUT2D eigenvalue weighted by Crippen LogP contribution is 2.44. The Morgan fingerprint density at radius 3 is 2.33 bits per heavy atom. The van der Waals surface area contributed by atoms with Gasteiger partial charge in [-0.15, -0.1) is 0 Å². The van der Waals surface area contributed by atoms with Crippen molar-refractivity contribution in [3.63, 3.8) is 0 Å². The summed E-state index contributed by atoms with van der Waals surface area (Å²) in [6.07, 6.45) is 6.30. The maximum Gasteiger partial charge on any atom is 0.267 e. The van der Waals surface area contributed by atoms with E-state index >= 15 is 0 Å². The van der Waals surface area contributed by atoms with Gasteiger partial charge in [0.05, 0.1) is 16.2 Å². The first-order valence-electron chi connectivity index (χ1n) is 9.79. The number of rotatable bonds is 8. The Bertz CT molecular complexity index is 788. The molecule has 1 fully saturated rings.